The minimum absolute atomic E-state index is 0.0412. The van der Waals surface area contributed by atoms with Crippen LogP contribution in [0.5, 0.6) is 0 Å². The predicted molar refractivity (Wildman–Crippen MR) is 70.5 cm³/mol. The molecule has 1 unspecified atom stereocenters. The van der Waals surface area contributed by atoms with Gasteiger partial charge in [0.2, 0.25) is 0 Å². The second kappa shape index (κ2) is 6.15. The van der Waals surface area contributed by atoms with Gasteiger partial charge >= 0.3 is 0 Å². The topological polar surface area (TPSA) is 92.9 Å². The van der Waals surface area contributed by atoms with E-state index >= 15 is 0 Å². The standard InChI is InChI=1S/C13H15FN2O5/c1-8-4-9(16(19)20)5-11(12(8)14)13(18)15-2-3-21-10(6-15)7-17/h4-5,10,17H,2-3,6-7H2,1H3. The van der Waals surface area contributed by atoms with Crippen LogP contribution in [0.25, 0.3) is 0 Å². The third-order valence-corrected chi connectivity index (χ3v) is 3.31. The number of nitrogens with zero attached hydrogens (tertiary/aromatic N) is 2. The number of carbonyl (C=O) groups excluding carboxylic acids is 1. The van der Waals surface area contributed by atoms with Crippen molar-refractivity contribution in [3.05, 3.63) is 39.2 Å². The van der Waals surface area contributed by atoms with Crippen LogP contribution in [0.2, 0.25) is 0 Å². The van der Waals surface area contributed by atoms with Crippen molar-refractivity contribution in [1.82, 2.24) is 4.90 Å². The summed E-state index contributed by atoms with van der Waals surface area (Å²) in [4.78, 5) is 23.8. The molecule has 21 heavy (non-hydrogen) atoms. The molecule has 0 bridgehead atoms. The van der Waals surface area contributed by atoms with E-state index in [0.29, 0.717) is 0 Å². The summed E-state index contributed by atoms with van der Waals surface area (Å²) >= 11 is 0. The zero-order chi connectivity index (χ0) is 15.6. The highest BCUT2D eigenvalue weighted by molar-refractivity contribution is 5.95. The molecule has 1 aromatic rings. The number of nitro groups is 1. The number of hydrogen-bond donors (Lipinski definition) is 1. The first-order chi connectivity index (χ1) is 9.93. The van der Waals surface area contributed by atoms with Gasteiger partial charge < -0.3 is 14.7 Å². The van der Waals surface area contributed by atoms with Crippen molar-refractivity contribution in [2.24, 2.45) is 0 Å². The maximum absolute atomic E-state index is 14.1. The first kappa shape index (κ1) is 15.3. The van der Waals surface area contributed by atoms with Crippen molar-refractivity contribution in [1.29, 1.82) is 0 Å². The molecule has 1 amide bonds. The summed E-state index contributed by atoms with van der Waals surface area (Å²) in [6.07, 6.45) is -0.523. The van der Waals surface area contributed by atoms with Gasteiger partial charge in [-0.1, -0.05) is 0 Å². The van der Waals surface area contributed by atoms with Gasteiger partial charge in [0.25, 0.3) is 11.6 Å². The van der Waals surface area contributed by atoms with Crippen LogP contribution in [-0.2, 0) is 4.74 Å². The summed E-state index contributed by atoms with van der Waals surface area (Å²) in [7, 11) is 0. The number of rotatable bonds is 3. The molecule has 1 atom stereocenters. The lowest BCUT2D eigenvalue weighted by Crippen LogP contribution is -2.47. The number of nitro benzene ring substituents is 1. The molecule has 1 heterocycles. The highest BCUT2D eigenvalue weighted by Gasteiger charge is 2.28. The van der Waals surface area contributed by atoms with E-state index in [9.17, 15) is 19.3 Å². The largest absolute Gasteiger partial charge is 0.394 e. The van der Waals surface area contributed by atoms with Gasteiger partial charge in [-0.15, -0.1) is 0 Å². The molecular weight excluding hydrogens is 283 g/mol. The average Bonchev–Trinajstić information content (AvgIpc) is 2.49. The summed E-state index contributed by atoms with van der Waals surface area (Å²) in [5, 5.41) is 19.9. The van der Waals surface area contributed by atoms with Crippen molar-refractivity contribution >= 4 is 11.6 Å². The summed E-state index contributed by atoms with van der Waals surface area (Å²) < 4.78 is 19.3. The van der Waals surface area contributed by atoms with E-state index in [-0.39, 0.29) is 43.1 Å². The summed E-state index contributed by atoms with van der Waals surface area (Å²) in [6.45, 7) is 1.72. The van der Waals surface area contributed by atoms with Gasteiger partial charge in [0.1, 0.15) is 5.82 Å². The Hall–Kier alpha value is -2.06. The second-order valence-corrected chi connectivity index (χ2v) is 4.81. The number of carbonyl (C=O) groups is 1. The minimum atomic E-state index is -0.766. The van der Waals surface area contributed by atoms with E-state index in [4.69, 9.17) is 9.84 Å². The Morgan fingerprint density at radius 1 is 1.62 bits per heavy atom. The Kier molecular flexibility index (Phi) is 4.49. The van der Waals surface area contributed by atoms with Gasteiger partial charge in [-0.05, 0) is 12.5 Å². The van der Waals surface area contributed by atoms with Crippen LogP contribution in [0.15, 0.2) is 12.1 Å². The molecular formula is C13H15FN2O5. The lowest BCUT2D eigenvalue weighted by atomic mass is 10.1. The fourth-order valence-electron chi connectivity index (χ4n) is 2.20. The Balaban J connectivity index is 2.32. The maximum atomic E-state index is 14.1. The van der Waals surface area contributed by atoms with Crippen molar-refractivity contribution < 1.29 is 24.0 Å². The Labute approximate surface area is 120 Å². The lowest BCUT2D eigenvalue weighted by molar-refractivity contribution is -0.385. The highest BCUT2D eigenvalue weighted by Crippen LogP contribution is 2.23. The normalized spacial score (nSPS) is 18.6. The molecule has 114 valence electrons. The molecule has 0 spiro atoms. The molecule has 0 aliphatic carbocycles. The van der Waals surface area contributed by atoms with E-state index in [2.05, 4.69) is 0 Å². The minimum Gasteiger partial charge on any atom is -0.394 e. The van der Waals surface area contributed by atoms with Gasteiger partial charge in [-0.3, -0.25) is 14.9 Å². The molecule has 1 aliphatic heterocycles. The molecule has 0 aromatic heterocycles. The average molecular weight is 298 g/mol. The number of halogens is 1. The van der Waals surface area contributed by atoms with E-state index in [1.807, 2.05) is 0 Å². The third kappa shape index (κ3) is 3.17. The highest BCUT2D eigenvalue weighted by atomic mass is 19.1. The van der Waals surface area contributed by atoms with Gasteiger partial charge in [-0.2, -0.15) is 0 Å². The number of non-ortho nitro benzene ring substituents is 1. The van der Waals surface area contributed by atoms with E-state index in [1.165, 1.54) is 11.8 Å². The lowest BCUT2D eigenvalue weighted by Gasteiger charge is -2.32. The molecule has 1 aliphatic rings. The van der Waals surface area contributed by atoms with E-state index in [1.54, 1.807) is 0 Å². The van der Waals surface area contributed by atoms with Crippen LogP contribution in [-0.4, -0.2) is 53.2 Å². The van der Waals surface area contributed by atoms with E-state index < -0.39 is 22.8 Å². The van der Waals surface area contributed by atoms with Gasteiger partial charge in [0.05, 0.1) is 29.8 Å². The number of morpholine rings is 1. The molecule has 1 aromatic carbocycles. The van der Waals surface area contributed by atoms with Crippen LogP contribution in [0, 0.1) is 22.9 Å². The predicted octanol–water partition coefficient (Wildman–Crippen LogP) is 0.876. The van der Waals surface area contributed by atoms with Crippen molar-refractivity contribution in [3.63, 3.8) is 0 Å². The zero-order valence-corrected chi connectivity index (χ0v) is 11.4. The van der Waals surface area contributed by atoms with Gasteiger partial charge in [-0.25, -0.2) is 4.39 Å². The van der Waals surface area contributed by atoms with Crippen molar-refractivity contribution in [2.45, 2.75) is 13.0 Å². The number of aryl methyl sites for hydroxylation is 1. The quantitative estimate of drug-likeness (QED) is 0.660. The number of aliphatic hydroxyl groups is 1. The summed E-state index contributed by atoms with van der Waals surface area (Å²) in [5.74, 6) is -1.40. The second-order valence-electron chi connectivity index (χ2n) is 4.81. The summed E-state index contributed by atoms with van der Waals surface area (Å²) in [6, 6.07) is 2.02. The van der Waals surface area contributed by atoms with Crippen LogP contribution in [0.4, 0.5) is 10.1 Å². The zero-order valence-electron chi connectivity index (χ0n) is 11.4. The number of ether oxygens (including phenoxy) is 1. The van der Waals surface area contributed by atoms with Crippen LogP contribution >= 0.6 is 0 Å². The first-order valence-corrected chi connectivity index (χ1v) is 6.40. The Bertz CT molecular complexity index is 578. The molecule has 0 radical (unpaired) electrons. The van der Waals surface area contributed by atoms with Gasteiger partial charge in [0.15, 0.2) is 0 Å². The summed E-state index contributed by atoms with van der Waals surface area (Å²) in [5.41, 5.74) is -0.621. The molecule has 7 nitrogen and oxygen atoms in total. The maximum Gasteiger partial charge on any atom is 0.270 e. The molecule has 0 saturated carbocycles. The first-order valence-electron chi connectivity index (χ1n) is 6.40. The van der Waals surface area contributed by atoms with Crippen LogP contribution in [0.1, 0.15) is 15.9 Å². The smallest absolute Gasteiger partial charge is 0.270 e. The SMILES string of the molecule is Cc1cc([N+](=O)[O-])cc(C(=O)N2CCOC(CO)C2)c1F. The molecule has 1 N–H and O–H groups in total. The molecule has 1 saturated heterocycles. The number of amides is 1. The third-order valence-electron chi connectivity index (χ3n) is 3.31. The van der Waals surface area contributed by atoms with Crippen molar-refractivity contribution in [3.8, 4) is 0 Å². The van der Waals surface area contributed by atoms with Crippen molar-refractivity contribution in [2.75, 3.05) is 26.3 Å². The molecule has 1 fully saturated rings. The Morgan fingerprint density at radius 3 is 2.95 bits per heavy atom. The van der Waals surface area contributed by atoms with E-state index in [0.717, 1.165) is 12.1 Å². The van der Waals surface area contributed by atoms with Gasteiger partial charge in [0, 0.05) is 25.2 Å². The fourth-order valence-corrected chi connectivity index (χ4v) is 2.20. The number of hydrogen-bond acceptors (Lipinski definition) is 5. The number of benzene rings is 1. The van der Waals surface area contributed by atoms with Crippen LogP contribution in [0.3, 0.4) is 0 Å². The molecule has 2 rings (SSSR count). The van der Waals surface area contributed by atoms with Crippen LogP contribution < -0.4 is 0 Å². The molecule has 8 heteroatoms. The fraction of sp³-hybridized carbons (Fsp3) is 0.462. The Morgan fingerprint density at radius 2 is 2.33 bits per heavy atom. The number of aliphatic hydroxyl groups excluding tert-OH is 1. The monoisotopic (exact) mass is 298 g/mol.